The molecule has 1 aliphatic carbocycles. The fraction of sp³-hybridized carbons (Fsp3) is 0.0896. The second-order valence-corrected chi connectivity index (χ2v) is 19.4. The number of para-hydroxylation sites is 1. The van der Waals surface area contributed by atoms with Gasteiger partial charge in [0.15, 0.2) is 0 Å². The summed E-state index contributed by atoms with van der Waals surface area (Å²) in [5.74, 6) is 0. The smallest absolute Gasteiger partial charge is 0.345 e. The molecule has 3 aromatic heterocycles. The molecule has 4 nitrogen and oxygen atoms in total. The Balaban J connectivity index is 0.000000229. The van der Waals surface area contributed by atoms with Crippen molar-refractivity contribution in [2.45, 2.75) is 37.0 Å². The fourth-order valence-electron chi connectivity index (χ4n) is 12.0. The van der Waals surface area contributed by atoms with Crippen LogP contribution < -0.4 is 4.90 Å². The minimum atomic E-state index is -0.646. The molecule has 6 heteroatoms. The van der Waals surface area contributed by atoms with Crippen molar-refractivity contribution >= 4 is 27.8 Å². The maximum Gasteiger partial charge on any atom is 2.00 e. The van der Waals surface area contributed by atoms with Crippen molar-refractivity contribution in [1.82, 2.24) is 15.0 Å². The summed E-state index contributed by atoms with van der Waals surface area (Å²) in [5, 5.41) is 2.54. The molecule has 355 valence electrons. The van der Waals surface area contributed by atoms with Gasteiger partial charge in [-0.15, -0.1) is 82.9 Å². The van der Waals surface area contributed by atoms with E-state index in [9.17, 15) is 0 Å². The number of fused-ring (bicyclic) bond motifs is 6. The van der Waals surface area contributed by atoms with Gasteiger partial charge in [0.25, 0.3) is 0 Å². The van der Waals surface area contributed by atoms with E-state index in [0.29, 0.717) is 0 Å². The Morgan fingerprint density at radius 3 is 1.58 bits per heavy atom. The van der Waals surface area contributed by atoms with Crippen LogP contribution in [0.25, 0.3) is 44.5 Å². The maximum absolute atomic E-state index is 4.77. The minimum Gasteiger partial charge on any atom is -0.345 e. The molecule has 0 N–H and O–H groups in total. The number of hydrogen-bond acceptors (Lipinski definition) is 4. The summed E-state index contributed by atoms with van der Waals surface area (Å²) in [7, 11) is 0. The van der Waals surface area contributed by atoms with Crippen LogP contribution in [0, 0.1) is 18.2 Å². The van der Waals surface area contributed by atoms with Gasteiger partial charge in [-0.05, 0) is 96.2 Å². The Labute approximate surface area is 455 Å². The normalized spacial score (nSPS) is 15.6. The van der Waals surface area contributed by atoms with Crippen molar-refractivity contribution in [1.29, 1.82) is 0 Å². The molecule has 3 aliphatic rings. The first-order valence-electron chi connectivity index (χ1n) is 24.4. The van der Waals surface area contributed by atoms with E-state index in [1.807, 2.05) is 48.9 Å². The third kappa shape index (κ3) is 7.35. The molecule has 8 aromatic carbocycles. The third-order valence-corrected chi connectivity index (χ3v) is 15.3. The summed E-state index contributed by atoms with van der Waals surface area (Å²) in [6.45, 7) is 6.94. The largest absolute Gasteiger partial charge is 2.00 e. The first-order chi connectivity index (χ1) is 34.9. The van der Waals surface area contributed by atoms with Crippen LogP contribution in [0.3, 0.4) is 0 Å². The van der Waals surface area contributed by atoms with E-state index in [4.69, 9.17) is 9.97 Å². The van der Waals surface area contributed by atoms with Crippen molar-refractivity contribution in [3.8, 4) is 33.8 Å². The van der Waals surface area contributed by atoms with Crippen molar-refractivity contribution in [3.63, 3.8) is 0 Å². The van der Waals surface area contributed by atoms with Gasteiger partial charge in [0.1, 0.15) is 0 Å². The SMILES string of the molecule is CC1(C)c2ccc[c-]c2-c2nccc3cccc1c23.CC1(c2ccccc2)c2ccc(-c3ccccn3)[c-]c2N2c3[c-]c(-c4ccccn4)ccc3C(c3ccccc3)(c3ccccc3)c3cccc1c32.[Ir].[Pt+2]. The van der Waals surface area contributed by atoms with Crippen LogP contribution >= 0.6 is 0 Å². The second kappa shape index (κ2) is 18.9. The van der Waals surface area contributed by atoms with Crippen molar-refractivity contribution in [3.05, 3.63) is 299 Å². The van der Waals surface area contributed by atoms with Gasteiger partial charge >= 0.3 is 21.1 Å². The topological polar surface area (TPSA) is 41.9 Å². The van der Waals surface area contributed by atoms with Gasteiger partial charge < -0.3 is 19.9 Å². The molecule has 0 fully saturated rings. The van der Waals surface area contributed by atoms with Crippen molar-refractivity contribution < 1.29 is 41.2 Å². The molecular formula is C67H47IrN4Pt-. The molecule has 0 saturated heterocycles. The van der Waals surface area contributed by atoms with Crippen LogP contribution in [-0.4, -0.2) is 15.0 Å². The van der Waals surface area contributed by atoms with E-state index in [1.165, 1.54) is 55.3 Å². The van der Waals surface area contributed by atoms with Crippen LogP contribution in [0.1, 0.15) is 70.8 Å². The fourth-order valence-corrected chi connectivity index (χ4v) is 12.0. The number of hydrogen-bond donors (Lipinski definition) is 0. The van der Waals surface area contributed by atoms with Gasteiger partial charge in [0.05, 0.1) is 5.69 Å². The Kier molecular flexibility index (Phi) is 12.4. The van der Waals surface area contributed by atoms with Gasteiger partial charge in [0, 0.05) is 49.5 Å². The predicted octanol–water partition coefficient (Wildman–Crippen LogP) is 15.6. The monoisotopic (exact) mass is 1300 g/mol. The zero-order valence-electron chi connectivity index (χ0n) is 40.4. The van der Waals surface area contributed by atoms with Gasteiger partial charge in [-0.2, -0.15) is 0 Å². The van der Waals surface area contributed by atoms with Gasteiger partial charge in [-0.3, -0.25) is 0 Å². The quantitative estimate of drug-likeness (QED) is 0.161. The van der Waals surface area contributed by atoms with E-state index in [2.05, 4.69) is 231 Å². The number of pyridine rings is 3. The van der Waals surface area contributed by atoms with E-state index in [0.717, 1.165) is 56.4 Å². The molecule has 0 bridgehead atoms. The summed E-state index contributed by atoms with van der Waals surface area (Å²) in [5.41, 5.74) is 19.0. The molecule has 2 aliphatic heterocycles. The minimum absolute atomic E-state index is 0. The Bertz CT molecular complexity index is 3770. The van der Waals surface area contributed by atoms with E-state index >= 15 is 0 Å². The average Bonchev–Trinajstić information content (AvgIpc) is 3.45. The zero-order valence-corrected chi connectivity index (χ0v) is 45.0. The molecule has 73 heavy (non-hydrogen) atoms. The van der Waals surface area contributed by atoms with E-state index in [1.54, 1.807) is 0 Å². The number of nitrogens with zero attached hydrogens (tertiary/aromatic N) is 4. The standard InChI is InChI=1S/C49H33N3.C18H14N.Ir.Pt/c1-48(36-16-5-2-6-17-36)39-28-26-34(43-24-11-13-30-50-43)32-45(39)52-46-33-35(44-25-12-14-31-51-44)27-29-40(46)49(37-18-7-3-8-19-37,38-20-9-4-10-21-38)42-23-15-22-41(48)47(42)52;1-18(2)14-8-4-3-7-13(14)17-16-12(10-11-19-17)6-5-9-15(16)18;;/h2-31H,1H3;3-6,8-11H,1-2H3;;/q-2;-1;;+2. The maximum atomic E-state index is 4.77. The van der Waals surface area contributed by atoms with Gasteiger partial charge in [0.2, 0.25) is 0 Å². The first-order valence-corrected chi connectivity index (χ1v) is 24.4. The summed E-state index contributed by atoms with van der Waals surface area (Å²) < 4.78 is 0. The Hall–Kier alpha value is -7.39. The Morgan fingerprint density at radius 2 is 0.959 bits per heavy atom. The summed E-state index contributed by atoms with van der Waals surface area (Å²) in [4.78, 5) is 16.6. The number of anilines is 3. The second-order valence-electron chi connectivity index (χ2n) is 19.4. The number of aromatic nitrogens is 3. The average molecular weight is 1300 g/mol. The number of rotatable bonds is 5. The van der Waals surface area contributed by atoms with Gasteiger partial charge in [-0.25, -0.2) is 0 Å². The summed E-state index contributed by atoms with van der Waals surface area (Å²) in [6.07, 6.45) is 5.59. The molecule has 1 radical (unpaired) electrons. The predicted molar refractivity (Wildman–Crippen MR) is 287 cm³/mol. The van der Waals surface area contributed by atoms with Crippen molar-refractivity contribution in [2.24, 2.45) is 0 Å². The van der Waals surface area contributed by atoms with Crippen LogP contribution in [0.15, 0.2) is 231 Å². The van der Waals surface area contributed by atoms with Crippen LogP contribution in [-0.2, 0) is 57.4 Å². The molecule has 0 amide bonds. The van der Waals surface area contributed by atoms with E-state index in [-0.39, 0.29) is 46.6 Å². The summed E-state index contributed by atoms with van der Waals surface area (Å²) in [6, 6.07) is 87.0. The Morgan fingerprint density at radius 1 is 0.425 bits per heavy atom. The molecule has 5 heterocycles. The first kappa shape index (κ1) is 47.9. The molecule has 0 saturated carbocycles. The van der Waals surface area contributed by atoms with Crippen LogP contribution in [0.2, 0.25) is 0 Å². The molecule has 1 atom stereocenters. The molecule has 0 spiro atoms. The number of benzene rings is 8. The molecule has 11 aromatic rings. The third-order valence-electron chi connectivity index (χ3n) is 15.3. The van der Waals surface area contributed by atoms with E-state index < -0.39 is 10.8 Å². The van der Waals surface area contributed by atoms with Gasteiger partial charge in [-0.1, -0.05) is 184 Å². The molecular weight excluding hydrogens is 1250 g/mol. The molecule has 14 rings (SSSR count). The van der Waals surface area contributed by atoms with Crippen LogP contribution in [0.5, 0.6) is 0 Å². The zero-order chi connectivity index (χ0) is 47.7. The summed E-state index contributed by atoms with van der Waals surface area (Å²) >= 11 is 0. The van der Waals surface area contributed by atoms with Crippen molar-refractivity contribution in [2.75, 3.05) is 4.90 Å². The molecule has 1 unspecified atom stereocenters. The van der Waals surface area contributed by atoms with Crippen LogP contribution in [0.4, 0.5) is 17.1 Å².